The summed E-state index contributed by atoms with van der Waals surface area (Å²) in [5, 5.41) is 2.33. The summed E-state index contributed by atoms with van der Waals surface area (Å²) in [6, 6.07) is 12.9. The molecule has 134 valence electrons. The number of nitrogens with one attached hydrogen (secondary N) is 1. The molecule has 0 unspecified atom stereocenters. The second-order valence-corrected chi connectivity index (χ2v) is 6.95. The molecule has 0 aliphatic rings. The van der Waals surface area contributed by atoms with Gasteiger partial charge < -0.3 is 10.7 Å². The number of hydrogen-bond acceptors (Lipinski definition) is 4. The van der Waals surface area contributed by atoms with Crippen LogP contribution in [-0.4, -0.2) is 15.9 Å². The topological polar surface area (TPSA) is 88.8 Å². The maximum Gasteiger partial charge on any atom is 0.260 e. The highest BCUT2D eigenvalue weighted by atomic mass is 32.1. The highest BCUT2D eigenvalue weighted by molar-refractivity contribution is 7.17. The van der Waals surface area contributed by atoms with Gasteiger partial charge in [0.25, 0.3) is 5.56 Å². The van der Waals surface area contributed by atoms with Gasteiger partial charge >= 0.3 is 0 Å². The number of thiophene rings is 1. The van der Waals surface area contributed by atoms with E-state index < -0.39 is 5.91 Å². The van der Waals surface area contributed by atoms with Crippen LogP contribution in [0.3, 0.4) is 0 Å². The number of aromatic amines is 1. The molecule has 7 heteroatoms. The van der Waals surface area contributed by atoms with Crippen molar-refractivity contribution in [3.05, 3.63) is 87.0 Å². The molecule has 0 saturated heterocycles. The van der Waals surface area contributed by atoms with Crippen molar-refractivity contribution >= 4 is 27.5 Å². The lowest BCUT2D eigenvalue weighted by atomic mass is 10.1. The molecule has 0 aliphatic heterocycles. The summed E-state index contributed by atoms with van der Waals surface area (Å²) in [4.78, 5) is 31.9. The van der Waals surface area contributed by atoms with Crippen molar-refractivity contribution in [3.63, 3.8) is 0 Å². The Kier molecular flexibility index (Phi) is 4.29. The summed E-state index contributed by atoms with van der Waals surface area (Å²) in [5.74, 6) is -0.330. The first-order valence-corrected chi connectivity index (χ1v) is 9.04. The third kappa shape index (κ3) is 3.37. The number of amides is 1. The van der Waals surface area contributed by atoms with Crippen LogP contribution < -0.4 is 11.3 Å². The van der Waals surface area contributed by atoms with E-state index in [2.05, 4.69) is 9.97 Å². The van der Waals surface area contributed by atoms with Crippen molar-refractivity contribution in [1.29, 1.82) is 0 Å². The van der Waals surface area contributed by atoms with Crippen LogP contribution in [0.2, 0.25) is 0 Å². The van der Waals surface area contributed by atoms with Gasteiger partial charge in [-0.1, -0.05) is 24.3 Å². The van der Waals surface area contributed by atoms with Crippen LogP contribution in [0.4, 0.5) is 4.39 Å². The van der Waals surface area contributed by atoms with Crippen molar-refractivity contribution in [1.82, 2.24) is 9.97 Å². The van der Waals surface area contributed by atoms with Crippen molar-refractivity contribution in [2.24, 2.45) is 5.73 Å². The molecule has 2 heterocycles. The molecule has 0 aliphatic carbocycles. The zero-order valence-corrected chi connectivity index (χ0v) is 14.8. The Morgan fingerprint density at radius 1 is 1.19 bits per heavy atom. The first-order chi connectivity index (χ1) is 13.0. The number of halogens is 1. The van der Waals surface area contributed by atoms with Gasteiger partial charge in [-0.25, -0.2) is 9.37 Å². The summed E-state index contributed by atoms with van der Waals surface area (Å²) in [6.07, 6.45) is 0.371. The summed E-state index contributed by atoms with van der Waals surface area (Å²) < 4.78 is 13.2. The first-order valence-electron chi connectivity index (χ1n) is 8.16. The fraction of sp³-hybridized carbons (Fsp3) is 0.0500. The van der Waals surface area contributed by atoms with Crippen LogP contribution in [0.15, 0.2) is 58.7 Å². The van der Waals surface area contributed by atoms with Crippen LogP contribution in [0.25, 0.3) is 21.3 Å². The second-order valence-electron chi connectivity index (χ2n) is 6.09. The zero-order valence-electron chi connectivity index (χ0n) is 14.0. The van der Waals surface area contributed by atoms with Gasteiger partial charge in [0.2, 0.25) is 5.91 Å². The fourth-order valence-corrected chi connectivity index (χ4v) is 3.91. The van der Waals surface area contributed by atoms with Gasteiger partial charge in [-0.15, -0.1) is 11.3 Å². The number of H-pyrrole nitrogens is 1. The minimum atomic E-state index is -0.504. The minimum absolute atomic E-state index is 0.248. The number of nitrogens with two attached hydrogens (primary N) is 1. The molecule has 4 aromatic rings. The molecule has 0 fully saturated rings. The molecule has 0 radical (unpaired) electrons. The van der Waals surface area contributed by atoms with E-state index in [1.807, 2.05) is 11.4 Å². The van der Waals surface area contributed by atoms with E-state index in [1.165, 1.54) is 23.5 Å². The number of rotatable bonds is 4. The molecule has 0 bridgehead atoms. The number of aromatic nitrogens is 2. The van der Waals surface area contributed by atoms with Gasteiger partial charge in [-0.3, -0.25) is 9.59 Å². The van der Waals surface area contributed by atoms with E-state index in [-0.39, 0.29) is 11.4 Å². The largest absolute Gasteiger partial charge is 0.366 e. The lowest BCUT2D eigenvalue weighted by Crippen LogP contribution is -2.13. The summed E-state index contributed by atoms with van der Waals surface area (Å²) in [7, 11) is 0. The highest BCUT2D eigenvalue weighted by Crippen LogP contribution is 2.30. The van der Waals surface area contributed by atoms with Crippen molar-refractivity contribution in [2.75, 3.05) is 0 Å². The molecule has 0 saturated carbocycles. The predicted molar refractivity (Wildman–Crippen MR) is 103 cm³/mol. The predicted octanol–water partition coefficient (Wildman–Crippen LogP) is 3.48. The Balaban J connectivity index is 1.73. The lowest BCUT2D eigenvalue weighted by Gasteiger charge is -2.04. The van der Waals surface area contributed by atoms with E-state index in [4.69, 9.17) is 5.73 Å². The number of fused-ring (bicyclic) bond motifs is 1. The maximum atomic E-state index is 13.2. The van der Waals surface area contributed by atoms with E-state index in [0.717, 1.165) is 16.7 Å². The Hall–Kier alpha value is -3.32. The monoisotopic (exact) mass is 379 g/mol. The fourth-order valence-electron chi connectivity index (χ4n) is 2.95. The van der Waals surface area contributed by atoms with Gasteiger partial charge in [-0.05, 0) is 35.4 Å². The molecule has 0 atom stereocenters. The van der Waals surface area contributed by atoms with E-state index >= 15 is 0 Å². The normalized spacial score (nSPS) is 11.0. The van der Waals surface area contributed by atoms with Crippen LogP contribution in [0.5, 0.6) is 0 Å². The SMILES string of the molecule is NC(=O)c1cccc(Cc2nc3scc(-c4ccc(F)cc4)c3c(=O)[nH]2)c1. The number of carbonyl (C=O) groups excluding carboxylic acids is 1. The van der Waals surface area contributed by atoms with Crippen LogP contribution in [-0.2, 0) is 6.42 Å². The van der Waals surface area contributed by atoms with Gasteiger partial charge in [0.1, 0.15) is 16.5 Å². The van der Waals surface area contributed by atoms with E-state index in [1.54, 1.807) is 30.3 Å². The summed E-state index contributed by atoms with van der Waals surface area (Å²) in [6.45, 7) is 0. The maximum absolute atomic E-state index is 13.2. The zero-order chi connectivity index (χ0) is 19.0. The van der Waals surface area contributed by atoms with E-state index in [0.29, 0.717) is 28.0 Å². The molecule has 27 heavy (non-hydrogen) atoms. The third-order valence-electron chi connectivity index (χ3n) is 4.23. The smallest absolute Gasteiger partial charge is 0.260 e. The molecular weight excluding hydrogens is 365 g/mol. The van der Waals surface area contributed by atoms with Gasteiger partial charge in [0, 0.05) is 22.9 Å². The number of hydrogen-bond donors (Lipinski definition) is 2. The van der Waals surface area contributed by atoms with Crippen LogP contribution in [0.1, 0.15) is 21.7 Å². The Bertz CT molecular complexity index is 1210. The number of primary amides is 1. The van der Waals surface area contributed by atoms with Gasteiger partial charge in [0.05, 0.1) is 5.39 Å². The van der Waals surface area contributed by atoms with Crippen molar-refractivity contribution in [2.45, 2.75) is 6.42 Å². The Morgan fingerprint density at radius 2 is 1.96 bits per heavy atom. The number of benzene rings is 2. The summed E-state index contributed by atoms with van der Waals surface area (Å²) in [5.41, 5.74) is 7.78. The standard InChI is InChI=1S/C20H14FN3O2S/c21-14-6-4-12(5-7-14)15-10-27-20-17(15)19(26)23-16(24-20)9-11-2-1-3-13(8-11)18(22)25/h1-8,10H,9H2,(H2,22,25)(H,23,24,26). The highest BCUT2D eigenvalue weighted by Gasteiger charge is 2.13. The van der Waals surface area contributed by atoms with Crippen molar-refractivity contribution in [3.8, 4) is 11.1 Å². The molecule has 2 aromatic heterocycles. The molecular formula is C20H14FN3O2S. The average molecular weight is 379 g/mol. The van der Waals surface area contributed by atoms with Crippen LogP contribution in [0, 0.1) is 5.82 Å². The molecule has 4 rings (SSSR count). The minimum Gasteiger partial charge on any atom is -0.366 e. The molecule has 3 N–H and O–H groups in total. The van der Waals surface area contributed by atoms with Crippen LogP contribution >= 0.6 is 11.3 Å². The third-order valence-corrected chi connectivity index (χ3v) is 5.10. The average Bonchev–Trinajstić information content (AvgIpc) is 3.07. The van der Waals surface area contributed by atoms with Gasteiger partial charge in [0.15, 0.2) is 0 Å². The number of nitrogens with zero attached hydrogens (tertiary/aromatic N) is 1. The molecule has 1 amide bonds. The lowest BCUT2D eigenvalue weighted by molar-refractivity contribution is 0.1000. The molecule has 5 nitrogen and oxygen atoms in total. The van der Waals surface area contributed by atoms with Crippen molar-refractivity contribution < 1.29 is 9.18 Å². The molecule has 2 aromatic carbocycles. The Labute approximate surface area is 157 Å². The quantitative estimate of drug-likeness (QED) is 0.569. The first kappa shape index (κ1) is 17.1. The molecule has 0 spiro atoms. The summed E-state index contributed by atoms with van der Waals surface area (Å²) >= 11 is 1.36. The Morgan fingerprint density at radius 3 is 2.70 bits per heavy atom. The second kappa shape index (κ2) is 6.77. The number of carbonyl (C=O) groups is 1. The van der Waals surface area contributed by atoms with E-state index in [9.17, 15) is 14.0 Å². The van der Waals surface area contributed by atoms with Gasteiger partial charge in [-0.2, -0.15) is 0 Å².